The first-order chi connectivity index (χ1) is 28.7. The van der Waals surface area contributed by atoms with Crippen LogP contribution in [0.25, 0.3) is 95.2 Å². The van der Waals surface area contributed by atoms with Crippen molar-refractivity contribution in [1.82, 2.24) is 15.0 Å². The van der Waals surface area contributed by atoms with E-state index >= 15 is 0 Å². The molecule has 0 saturated carbocycles. The Morgan fingerprint density at radius 3 is 1.93 bits per heavy atom. The second-order valence-corrected chi connectivity index (χ2v) is 17.8. The lowest BCUT2D eigenvalue weighted by Gasteiger charge is -2.42. The lowest BCUT2D eigenvalue weighted by molar-refractivity contribution is 0.332. The van der Waals surface area contributed by atoms with Crippen LogP contribution in [0.3, 0.4) is 0 Å². The molecule has 0 atom stereocenters. The summed E-state index contributed by atoms with van der Waals surface area (Å²) >= 11 is 0. The number of allylic oxidation sites excluding steroid dienone is 1. The molecule has 7 aromatic carbocycles. The molecule has 4 heteroatoms. The van der Waals surface area contributed by atoms with Gasteiger partial charge in [-0.3, -0.25) is 0 Å². The number of nitrogens with zero attached hydrogens (tertiary/aromatic N) is 3. The topological polar surface area (TPSA) is 51.8 Å². The highest BCUT2D eigenvalue weighted by molar-refractivity contribution is 6.11. The Hall–Kier alpha value is -6.65. The minimum Gasteiger partial charge on any atom is -0.455 e. The summed E-state index contributed by atoms with van der Waals surface area (Å²) in [5.74, 6) is 1.91. The van der Waals surface area contributed by atoms with Gasteiger partial charge >= 0.3 is 0 Å². The van der Waals surface area contributed by atoms with Crippen molar-refractivity contribution in [3.05, 3.63) is 168 Å². The van der Waals surface area contributed by atoms with Gasteiger partial charge in [0.25, 0.3) is 0 Å². The van der Waals surface area contributed by atoms with E-state index in [9.17, 15) is 0 Å². The van der Waals surface area contributed by atoms with E-state index in [1.54, 1.807) is 0 Å². The van der Waals surface area contributed by atoms with Gasteiger partial charge in [0.15, 0.2) is 17.5 Å². The highest BCUT2D eigenvalue weighted by Crippen LogP contribution is 2.48. The summed E-state index contributed by atoms with van der Waals surface area (Å²) in [6, 6.07) is 50.0. The second-order valence-electron chi connectivity index (χ2n) is 17.8. The SMILES string of the molecule is CC1(C)CCC(C)(C)c2cc(-c3cc(-c4nc(-c5ccc(-c6ccccc6)cc5)nc(-c5ccc6ccc7c(c6c5)C=CCC7)n4)cc4c3oc3ccccc34)ccc21. The van der Waals surface area contributed by atoms with E-state index in [1.807, 2.05) is 12.1 Å². The number of benzene rings is 7. The molecule has 0 spiro atoms. The van der Waals surface area contributed by atoms with Crippen LogP contribution in [-0.2, 0) is 17.3 Å². The summed E-state index contributed by atoms with van der Waals surface area (Å²) in [7, 11) is 0. The van der Waals surface area contributed by atoms with E-state index in [2.05, 4.69) is 167 Å². The van der Waals surface area contributed by atoms with E-state index in [1.165, 1.54) is 45.0 Å². The van der Waals surface area contributed by atoms with Crippen molar-refractivity contribution in [2.24, 2.45) is 0 Å². The zero-order valence-electron chi connectivity index (χ0n) is 34.0. The normalized spacial score (nSPS) is 15.4. The van der Waals surface area contributed by atoms with Gasteiger partial charge in [-0.2, -0.15) is 0 Å². The molecule has 0 radical (unpaired) electrons. The first-order valence-electron chi connectivity index (χ1n) is 20.9. The fourth-order valence-corrected chi connectivity index (χ4v) is 9.51. The van der Waals surface area contributed by atoms with E-state index in [-0.39, 0.29) is 10.8 Å². The minimum atomic E-state index is 0.0639. The number of furan rings is 1. The molecule has 0 N–H and O–H groups in total. The van der Waals surface area contributed by atoms with Gasteiger partial charge in [0, 0.05) is 33.0 Å². The largest absolute Gasteiger partial charge is 0.455 e. The van der Waals surface area contributed by atoms with Crippen molar-refractivity contribution >= 4 is 38.8 Å². The van der Waals surface area contributed by atoms with Crippen molar-refractivity contribution in [1.29, 1.82) is 0 Å². The standard InChI is InChI=1S/C55H45N3O/c1-54(2)28-29-55(3,4)48-33-39(26-27-47(48)54)45-31-41(32-46-43-16-10-11-17-49(43)59-50(45)46)53-57-51(38-23-18-35(19-24-38)34-12-6-5-7-13-34)56-52(58-53)40-25-22-37-21-20-36-14-8-9-15-42(36)44(37)30-40/h5-7,9-13,15-27,30-33H,8,14,28-29H2,1-4H3. The quantitative estimate of drug-likeness (QED) is 0.175. The van der Waals surface area contributed by atoms with Gasteiger partial charge < -0.3 is 4.42 Å². The van der Waals surface area contributed by atoms with E-state index in [0.717, 1.165) is 74.6 Å². The Balaban J connectivity index is 1.14. The third kappa shape index (κ3) is 6.09. The first kappa shape index (κ1) is 35.5. The Morgan fingerprint density at radius 2 is 1.12 bits per heavy atom. The number of rotatable bonds is 5. The van der Waals surface area contributed by atoms with E-state index in [4.69, 9.17) is 19.4 Å². The Bertz CT molecular complexity index is 3150. The molecule has 2 aliphatic rings. The first-order valence-corrected chi connectivity index (χ1v) is 20.9. The highest BCUT2D eigenvalue weighted by Gasteiger charge is 2.37. The van der Waals surface area contributed by atoms with Crippen molar-refractivity contribution in [2.75, 3.05) is 0 Å². The van der Waals surface area contributed by atoms with Crippen LogP contribution in [0.1, 0.15) is 69.2 Å². The van der Waals surface area contributed by atoms with Crippen molar-refractivity contribution in [3.63, 3.8) is 0 Å². The third-order valence-electron chi connectivity index (χ3n) is 13.1. The Morgan fingerprint density at radius 1 is 0.492 bits per heavy atom. The summed E-state index contributed by atoms with van der Waals surface area (Å²) in [5.41, 5.74) is 14.8. The van der Waals surface area contributed by atoms with Crippen LogP contribution in [0.4, 0.5) is 0 Å². The third-order valence-corrected chi connectivity index (χ3v) is 13.1. The van der Waals surface area contributed by atoms with E-state index < -0.39 is 0 Å². The maximum absolute atomic E-state index is 6.73. The summed E-state index contributed by atoms with van der Waals surface area (Å²) in [6.45, 7) is 9.53. The smallest absolute Gasteiger partial charge is 0.164 e. The molecule has 59 heavy (non-hydrogen) atoms. The Labute approximate surface area is 345 Å². The predicted octanol–water partition coefficient (Wildman–Crippen LogP) is 14.6. The van der Waals surface area contributed by atoms with Crippen LogP contribution in [0, 0.1) is 0 Å². The van der Waals surface area contributed by atoms with Crippen molar-refractivity contribution in [2.45, 2.75) is 64.2 Å². The van der Waals surface area contributed by atoms with Crippen LogP contribution in [0.5, 0.6) is 0 Å². The zero-order chi connectivity index (χ0) is 39.9. The predicted molar refractivity (Wildman–Crippen MR) is 244 cm³/mol. The molecule has 11 rings (SSSR count). The number of aryl methyl sites for hydroxylation is 1. The lowest BCUT2D eigenvalue weighted by Crippen LogP contribution is -2.33. The lowest BCUT2D eigenvalue weighted by atomic mass is 9.63. The molecule has 0 unspecified atom stereocenters. The van der Waals surface area contributed by atoms with E-state index in [0.29, 0.717) is 17.5 Å². The summed E-state index contributed by atoms with van der Waals surface area (Å²) in [4.78, 5) is 15.8. The maximum atomic E-state index is 6.73. The summed E-state index contributed by atoms with van der Waals surface area (Å²) in [5, 5.41) is 4.55. The van der Waals surface area contributed by atoms with Crippen molar-refractivity contribution in [3.8, 4) is 56.4 Å². The van der Waals surface area contributed by atoms with Crippen LogP contribution < -0.4 is 0 Å². The molecule has 286 valence electrons. The number of hydrogen-bond donors (Lipinski definition) is 0. The van der Waals surface area contributed by atoms with Crippen LogP contribution in [0.15, 0.2) is 150 Å². The molecule has 0 amide bonds. The number of hydrogen-bond acceptors (Lipinski definition) is 4. The minimum absolute atomic E-state index is 0.0639. The van der Waals surface area contributed by atoms with Gasteiger partial charge in [-0.15, -0.1) is 0 Å². The number of fused-ring (bicyclic) bond motifs is 7. The monoisotopic (exact) mass is 763 g/mol. The Kier molecular flexibility index (Phi) is 8.10. The molecule has 0 aliphatic heterocycles. The molecule has 2 aliphatic carbocycles. The maximum Gasteiger partial charge on any atom is 0.164 e. The fraction of sp³-hybridized carbons (Fsp3) is 0.182. The molecule has 4 nitrogen and oxygen atoms in total. The molecule has 0 saturated heterocycles. The molecule has 0 fully saturated rings. The van der Waals surface area contributed by atoms with Gasteiger partial charge in [0.1, 0.15) is 11.2 Å². The van der Waals surface area contributed by atoms with Gasteiger partial charge in [-0.25, -0.2) is 15.0 Å². The highest BCUT2D eigenvalue weighted by atomic mass is 16.3. The molecule has 2 heterocycles. The fourth-order valence-electron chi connectivity index (χ4n) is 9.51. The molecule has 9 aromatic rings. The summed E-state index contributed by atoms with van der Waals surface area (Å²) in [6.07, 6.45) is 9.00. The number of para-hydroxylation sites is 1. The van der Waals surface area contributed by atoms with Crippen LogP contribution in [-0.4, -0.2) is 15.0 Å². The average molecular weight is 764 g/mol. The second kappa shape index (κ2) is 13.5. The molecular formula is C55H45N3O. The van der Waals surface area contributed by atoms with Gasteiger partial charge in [-0.05, 0) is 110 Å². The van der Waals surface area contributed by atoms with Crippen LogP contribution >= 0.6 is 0 Å². The van der Waals surface area contributed by atoms with Crippen LogP contribution in [0.2, 0.25) is 0 Å². The number of aromatic nitrogens is 3. The van der Waals surface area contributed by atoms with Gasteiger partial charge in [-0.1, -0.05) is 155 Å². The molecule has 0 bridgehead atoms. The zero-order valence-corrected chi connectivity index (χ0v) is 34.0. The van der Waals surface area contributed by atoms with Gasteiger partial charge in [0.2, 0.25) is 0 Å². The summed E-state index contributed by atoms with van der Waals surface area (Å²) < 4.78 is 6.73. The molecule has 2 aromatic heterocycles. The van der Waals surface area contributed by atoms with Gasteiger partial charge in [0.05, 0.1) is 0 Å². The molecular weight excluding hydrogens is 719 g/mol. The average Bonchev–Trinajstić information content (AvgIpc) is 3.66. The van der Waals surface area contributed by atoms with Crippen molar-refractivity contribution < 1.29 is 4.42 Å².